The first-order valence-electron chi connectivity index (χ1n) is 7.28. The molecular formula is C14H34OSi2. The van der Waals surface area contributed by atoms with Crippen LogP contribution in [0, 0.1) is 0 Å². The molecule has 1 unspecified atom stereocenters. The fourth-order valence-corrected chi connectivity index (χ4v) is 16.4. The molecule has 0 saturated carbocycles. The third kappa shape index (κ3) is 6.77. The van der Waals surface area contributed by atoms with Crippen molar-refractivity contribution in [3.8, 4) is 0 Å². The van der Waals surface area contributed by atoms with Crippen molar-refractivity contribution in [3.05, 3.63) is 0 Å². The van der Waals surface area contributed by atoms with Crippen LogP contribution in [0.1, 0.15) is 39.0 Å². The van der Waals surface area contributed by atoms with Crippen LogP contribution in [0.4, 0.5) is 0 Å². The Balaban J connectivity index is 4.41. The zero-order valence-corrected chi connectivity index (χ0v) is 15.1. The summed E-state index contributed by atoms with van der Waals surface area (Å²) in [6.45, 7) is 16.8. The second kappa shape index (κ2) is 7.10. The monoisotopic (exact) mass is 274 g/mol. The van der Waals surface area contributed by atoms with Crippen molar-refractivity contribution < 1.29 is 5.11 Å². The lowest BCUT2D eigenvalue weighted by Gasteiger charge is -2.41. The largest absolute Gasteiger partial charge is 0.393 e. The van der Waals surface area contributed by atoms with Crippen molar-refractivity contribution in [1.82, 2.24) is 0 Å². The Kier molecular flexibility index (Phi) is 7.26. The molecule has 0 fully saturated rings. The predicted octanol–water partition coefficient (Wildman–Crippen LogP) is 4.90. The summed E-state index contributed by atoms with van der Waals surface area (Å²) in [7, 11) is -2.48. The van der Waals surface area contributed by atoms with Gasteiger partial charge in [0.05, 0.1) is 6.10 Å². The van der Waals surface area contributed by atoms with Gasteiger partial charge in [-0.2, -0.15) is 0 Å². The third-order valence-electron chi connectivity index (χ3n) is 3.60. The Morgan fingerprint density at radius 2 is 1.29 bits per heavy atom. The highest BCUT2D eigenvalue weighted by Gasteiger charge is 2.41. The van der Waals surface area contributed by atoms with Gasteiger partial charge >= 0.3 is 0 Å². The van der Waals surface area contributed by atoms with Crippen LogP contribution in [0.5, 0.6) is 0 Å². The van der Waals surface area contributed by atoms with Crippen molar-refractivity contribution in [2.24, 2.45) is 0 Å². The van der Waals surface area contributed by atoms with Gasteiger partial charge in [-0.05, 0) is 11.6 Å². The van der Waals surface area contributed by atoms with Gasteiger partial charge in [0.1, 0.15) is 0 Å². The fraction of sp³-hybridized carbons (Fsp3) is 1.00. The van der Waals surface area contributed by atoms with Gasteiger partial charge in [0, 0.05) is 16.1 Å². The molecule has 0 aromatic carbocycles. The van der Waals surface area contributed by atoms with Gasteiger partial charge in [-0.1, -0.05) is 71.9 Å². The zero-order valence-electron chi connectivity index (χ0n) is 13.1. The maximum atomic E-state index is 10.5. The average molecular weight is 275 g/mol. The van der Waals surface area contributed by atoms with Crippen LogP contribution in [0.3, 0.4) is 0 Å². The molecular weight excluding hydrogens is 240 g/mol. The summed E-state index contributed by atoms with van der Waals surface area (Å²) in [6, 6.07) is 0. The topological polar surface area (TPSA) is 20.2 Å². The minimum atomic E-state index is -1.24. The summed E-state index contributed by atoms with van der Waals surface area (Å²) >= 11 is 0. The van der Waals surface area contributed by atoms with Gasteiger partial charge < -0.3 is 5.11 Å². The Morgan fingerprint density at radius 3 is 1.65 bits per heavy atom. The lowest BCUT2D eigenvalue weighted by atomic mass is 10.1. The third-order valence-corrected chi connectivity index (χ3v) is 13.3. The van der Waals surface area contributed by atoms with E-state index in [1.54, 1.807) is 0 Å². The molecule has 0 aliphatic heterocycles. The highest BCUT2D eigenvalue weighted by molar-refractivity contribution is 6.96. The number of aliphatic hydroxyl groups is 1. The van der Waals surface area contributed by atoms with Crippen molar-refractivity contribution in [2.45, 2.75) is 89.6 Å². The van der Waals surface area contributed by atoms with Crippen LogP contribution in [0.2, 0.25) is 44.4 Å². The van der Waals surface area contributed by atoms with Crippen LogP contribution >= 0.6 is 0 Å². The molecule has 104 valence electrons. The molecule has 0 heterocycles. The number of rotatable bonds is 8. The van der Waals surface area contributed by atoms with E-state index < -0.39 is 16.1 Å². The summed E-state index contributed by atoms with van der Waals surface area (Å²) in [4.78, 5) is 0. The SMILES string of the molecule is CCCCCCC(O)C([Si](C)(C)C)[Si](C)(C)C. The van der Waals surface area contributed by atoms with Crippen molar-refractivity contribution >= 4 is 16.1 Å². The van der Waals surface area contributed by atoms with E-state index in [-0.39, 0.29) is 6.10 Å². The first-order valence-corrected chi connectivity index (χ1v) is 14.4. The standard InChI is InChI=1S/C14H34OSi2/c1-8-9-10-11-12-13(15)14(16(2,3)4)17(5,6)7/h13-15H,8-12H2,1-7H3. The molecule has 0 aromatic rings. The fourth-order valence-electron chi connectivity index (χ4n) is 3.40. The maximum absolute atomic E-state index is 10.5. The lowest BCUT2D eigenvalue weighted by molar-refractivity contribution is 0.167. The van der Waals surface area contributed by atoms with Gasteiger partial charge in [0.2, 0.25) is 0 Å². The zero-order chi connectivity index (χ0) is 13.7. The quantitative estimate of drug-likeness (QED) is 0.493. The summed E-state index contributed by atoms with van der Waals surface area (Å²) in [5.74, 6) is 0. The van der Waals surface area contributed by atoms with Crippen LogP contribution in [0.15, 0.2) is 0 Å². The van der Waals surface area contributed by atoms with E-state index in [2.05, 4.69) is 46.2 Å². The highest BCUT2D eigenvalue weighted by Crippen LogP contribution is 2.36. The van der Waals surface area contributed by atoms with E-state index in [0.29, 0.717) is 5.16 Å². The molecule has 1 N–H and O–H groups in total. The summed E-state index contributed by atoms with van der Waals surface area (Å²) < 4.78 is 0. The Hall–Kier alpha value is 0.394. The summed E-state index contributed by atoms with van der Waals surface area (Å²) in [5.41, 5.74) is 0. The molecule has 0 bridgehead atoms. The number of unbranched alkanes of at least 4 members (excludes halogenated alkanes) is 3. The highest BCUT2D eigenvalue weighted by atomic mass is 28.4. The number of aliphatic hydroxyl groups excluding tert-OH is 1. The molecule has 0 aliphatic carbocycles. The molecule has 0 aliphatic rings. The molecule has 1 nitrogen and oxygen atoms in total. The molecule has 0 aromatic heterocycles. The molecule has 3 heteroatoms. The van der Waals surface area contributed by atoms with Gasteiger partial charge in [-0.25, -0.2) is 0 Å². The Morgan fingerprint density at radius 1 is 0.824 bits per heavy atom. The Bertz CT molecular complexity index is 189. The van der Waals surface area contributed by atoms with Crippen LogP contribution in [-0.2, 0) is 0 Å². The number of hydrogen-bond acceptors (Lipinski definition) is 1. The van der Waals surface area contributed by atoms with Crippen LogP contribution in [-0.4, -0.2) is 27.4 Å². The normalized spacial score (nSPS) is 15.4. The first kappa shape index (κ1) is 17.4. The van der Waals surface area contributed by atoms with Crippen LogP contribution in [0.25, 0.3) is 0 Å². The second-order valence-electron chi connectivity index (χ2n) is 7.63. The van der Waals surface area contributed by atoms with Gasteiger partial charge in [-0.15, -0.1) is 0 Å². The lowest BCUT2D eigenvalue weighted by Crippen LogP contribution is -2.49. The minimum Gasteiger partial charge on any atom is -0.393 e. The molecule has 0 radical (unpaired) electrons. The average Bonchev–Trinajstić information content (AvgIpc) is 2.07. The van der Waals surface area contributed by atoms with Crippen molar-refractivity contribution in [2.75, 3.05) is 0 Å². The molecule has 0 spiro atoms. The van der Waals surface area contributed by atoms with E-state index in [1.165, 1.54) is 25.7 Å². The predicted molar refractivity (Wildman–Crippen MR) is 85.2 cm³/mol. The molecule has 0 saturated heterocycles. The van der Waals surface area contributed by atoms with E-state index in [4.69, 9.17) is 0 Å². The van der Waals surface area contributed by atoms with Crippen molar-refractivity contribution in [3.63, 3.8) is 0 Å². The van der Waals surface area contributed by atoms with Crippen molar-refractivity contribution in [1.29, 1.82) is 0 Å². The molecule has 0 rings (SSSR count). The smallest absolute Gasteiger partial charge is 0.0521 e. The van der Waals surface area contributed by atoms with E-state index >= 15 is 0 Å². The first-order chi connectivity index (χ1) is 7.60. The van der Waals surface area contributed by atoms with Gasteiger partial charge in [0.15, 0.2) is 0 Å². The second-order valence-corrected chi connectivity index (χ2v) is 18.9. The van der Waals surface area contributed by atoms with Gasteiger partial charge in [0.25, 0.3) is 0 Å². The molecule has 0 amide bonds. The summed E-state index contributed by atoms with van der Waals surface area (Å²) in [6.07, 6.45) is 6.08. The minimum absolute atomic E-state index is 0.0369. The summed E-state index contributed by atoms with van der Waals surface area (Å²) in [5, 5.41) is 11.2. The van der Waals surface area contributed by atoms with Crippen LogP contribution < -0.4 is 0 Å². The Labute approximate surface area is 111 Å². The number of hydrogen-bond donors (Lipinski definition) is 1. The van der Waals surface area contributed by atoms with E-state index in [9.17, 15) is 5.11 Å². The van der Waals surface area contributed by atoms with E-state index in [1.807, 2.05) is 0 Å². The van der Waals surface area contributed by atoms with Gasteiger partial charge in [-0.3, -0.25) is 0 Å². The molecule has 1 atom stereocenters. The maximum Gasteiger partial charge on any atom is 0.0521 e. The molecule has 17 heavy (non-hydrogen) atoms. The van der Waals surface area contributed by atoms with E-state index in [0.717, 1.165) is 6.42 Å².